The van der Waals surface area contributed by atoms with Crippen LogP contribution in [0.15, 0.2) is 0 Å². The molecule has 0 aliphatic rings. The highest BCUT2D eigenvalue weighted by Gasteiger charge is 2.24. The monoisotopic (exact) mass is 251 g/mol. The molecule has 5 heteroatoms. The summed E-state index contributed by atoms with van der Waals surface area (Å²) in [6, 6.07) is 0.0316. The Morgan fingerprint density at radius 1 is 1.19 bits per heavy atom. The highest BCUT2D eigenvalue weighted by Crippen LogP contribution is 2.11. The van der Waals surface area contributed by atoms with E-state index in [1.165, 1.54) is 6.26 Å². The number of unbranched alkanes of at least 4 members (excludes halogenated alkanes) is 2. The fraction of sp³-hybridized carbons (Fsp3) is 1.00. The fourth-order valence-corrected chi connectivity index (χ4v) is 2.49. The van der Waals surface area contributed by atoms with E-state index in [1.807, 2.05) is 14.0 Å². The van der Waals surface area contributed by atoms with Crippen LogP contribution in [-0.4, -0.2) is 56.2 Å². The normalized spacial score (nSPS) is 16.4. The lowest BCUT2D eigenvalue weighted by Crippen LogP contribution is -2.41. The molecule has 98 valence electrons. The van der Waals surface area contributed by atoms with Crippen LogP contribution in [0.1, 0.15) is 33.1 Å². The molecule has 0 bridgehead atoms. The maximum Gasteiger partial charge on any atom is 0.151 e. The summed E-state index contributed by atoms with van der Waals surface area (Å²) in [4.78, 5) is 2.07. The maximum absolute atomic E-state index is 11.4. The Morgan fingerprint density at radius 3 is 2.19 bits per heavy atom. The number of rotatable bonds is 8. The van der Waals surface area contributed by atoms with Gasteiger partial charge >= 0.3 is 0 Å². The van der Waals surface area contributed by atoms with E-state index in [2.05, 4.69) is 4.90 Å². The molecule has 0 spiro atoms. The summed E-state index contributed by atoms with van der Waals surface area (Å²) in [5.41, 5.74) is 0. The first-order chi connectivity index (χ1) is 7.30. The molecule has 0 rings (SSSR count). The van der Waals surface area contributed by atoms with Gasteiger partial charge in [-0.3, -0.25) is 0 Å². The summed E-state index contributed by atoms with van der Waals surface area (Å²) in [6.07, 6.45) is 4.09. The molecule has 0 amide bonds. The van der Waals surface area contributed by atoms with Gasteiger partial charge in [-0.15, -0.1) is 0 Å². The Morgan fingerprint density at radius 2 is 1.75 bits per heavy atom. The highest BCUT2D eigenvalue weighted by atomic mass is 32.2. The Bertz CT molecular complexity index is 277. The van der Waals surface area contributed by atoms with Gasteiger partial charge in [0.05, 0.1) is 5.25 Å². The van der Waals surface area contributed by atoms with Gasteiger partial charge in [-0.1, -0.05) is 0 Å². The molecule has 0 radical (unpaired) electrons. The van der Waals surface area contributed by atoms with E-state index in [9.17, 15) is 8.42 Å². The fourth-order valence-electron chi connectivity index (χ4n) is 1.57. The average molecular weight is 251 g/mol. The van der Waals surface area contributed by atoms with Crippen molar-refractivity contribution in [2.24, 2.45) is 0 Å². The molecule has 0 aliphatic carbocycles. The first-order valence-electron chi connectivity index (χ1n) is 5.80. The second-order valence-electron chi connectivity index (χ2n) is 4.54. The van der Waals surface area contributed by atoms with Gasteiger partial charge in [-0.25, -0.2) is 8.42 Å². The van der Waals surface area contributed by atoms with Crippen molar-refractivity contribution in [1.82, 2.24) is 4.90 Å². The van der Waals surface area contributed by atoms with Gasteiger partial charge in [-0.2, -0.15) is 0 Å². The van der Waals surface area contributed by atoms with Crippen LogP contribution in [-0.2, 0) is 9.84 Å². The molecule has 0 fully saturated rings. The van der Waals surface area contributed by atoms with Crippen LogP contribution in [0.3, 0.4) is 0 Å². The lowest BCUT2D eigenvalue weighted by atomic mass is 10.2. The van der Waals surface area contributed by atoms with Gasteiger partial charge in [0.15, 0.2) is 9.84 Å². The number of aliphatic hydroxyl groups is 1. The Labute approximate surface area is 99.6 Å². The zero-order chi connectivity index (χ0) is 12.8. The van der Waals surface area contributed by atoms with E-state index in [1.54, 1.807) is 6.92 Å². The molecule has 4 nitrogen and oxygen atoms in total. The van der Waals surface area contributed by atoms with Crippen LogP contribution in [0.25, 0.3) is 0 Å². The molecule has 0 saturated heterocycles. The lowest BCUT2D eigenvalue weighted by Gasteiger charge is -2.28. The summed E-state index contributed by atoms with van der Waals surface area (Å²) in [5.74, 6) is 0. The topological polar surface area (TPSA) is 57.6 Å². The zero-order valence-corrected chi connectivity index (χ0v) is 11.6. The molecule has 0 heterocycles. The molecule has 0 aromatic carbocycles. The maximum atomic E-state index is 11.4. The van der Waals surface area contributed by atoms with Crippen molar-refractivity contribution in [3.05, 3.63) is 0 Å². The van der Waals surface area contributed by atoms with Crippen LogP contribution in [0.2, 0.25) is 0 Å². The van der Waals surface area contributed by atoms with E-state index < -0.39 is 9.84 Å². The summed E-state index contributed by atoms with van der Waals surface area (Å²) in [6.45, 7) is 4.81. The Hall–Kier alpha value is -0.130. The second-order valence-corrected chi connectivity index (χ2v) is 6.94. The minimum Gasteiger partial charge on any atom is -0.396 e. The second kappa shape index (κ2) is 7.25. The van der Waals surface area contributed by atoms with Crippen LogP contribution in [0, 0.1) is 0 Å². The van der Waals surface area contributed by atoms with Crippen LogP contribution in [0.5, 0.6) is 0 Å². The quantitative estimate of drug-likeness (QED) is 0.651. The highest BCUT2D eigenvalue weighted by molar-refractivity contribution is 7.91. The van der Waals surface area contributed by atoms with Crippen LogP contribution < -0.4 is 0 Å². The molecular weight excluding hydrogens is 226 g/mol. The Kier molecular flexibility index (Phi) is 7.19. The van der Waals surface area contributed by atoms with Gasteiger partial charge in [0.25, 0.3) is 0 Å². The zero-order valence-electron chi connectivity index (χ0n) is 10.8. The number of nitrogens with zero attached hydrogens (tertiary/aromatic N) is 1. The molecule has 0 aromatic heterocycles. The number of hydrogen-bond acceptors (Lipinski definition) is 4. The number of hydrogen-bond donors (Lipinski definition) is 1. The third-order valence-corrected chi connectivity index (χ3v) is 4.96. The SMILES string of the molecule is C[C@H]([C@H](C)N(C)CCCCCO)S(C)(=O)=O. The minimum absolute atomic E-state index is 0.0316. The molecule has 0 unspecified atom stereocenters. The standard InChI is InChI=1S/C11H25NO3S/c1-10(11(2)16(4,14)15)12(3)8-6-5-7-9-13/h10-11,13H,5-9H2,1-4H3/t10-,11+/m0/s1. The van der Waals surface area contributed by atoms with Gasteiger partial charge < -0.3 is 10.0 Å². The number of aliphatic hydroxyl groups excluding tert-OH is 1. The van der Waals surface area contributed by atoms with E-state index in [-0.39, 0.29) is 17.9 Å². The van der Waals surface area contributed by atoms with E-state index >= 15 is 0 Å². The van der Waals surface area contributed by atoms with E-state index in [0.29, 0.717) is 0 Å². The smallest absolute Gasteiger partial charge is 0.151 e. The summed E-state index contributed by atoms with van der Waals surface area (Å²) in [5, 5.41) is 8.31. The summed E-state index contributed by atoms with van der Waals surface area (Å²) < 4.78 is 22.8. The lowest BCUT2D eigenvalue weighted by molar-refractivity contribution is 0.239. The average Bonchev–Trinajstić information content (AvgIpc) is 2.20. The van der Waals surface area contributed by atoms with E-state index in [0.717, 1.165) is 25.8 Å². The predicted octanol–water partition coefficient (Wildman–Crippen LogP) is 0.902. The first kappa shape index (κ1) is 15.9. The molecule has 0 saturated carbocycles. The van der Waals surface area contributed by atoms with Gasteiger partial charge in [0.2, 0.25) is 0 Å². The van der Waals surface area contributed by atoms with Crippen molar-refractivity contribution in [3.8, 4) is 0 Å². The van der Waals surface area contributed by atoms with Gasteiger partial charge in [-0.05, 0) is 46.7 Å². The molecule has 2 atom stereocenters. The van der Waals surface area contributed by atoms with Crippen molar-refractivity contribution < 1.29 is 13.5 Å². The third-order valence-electron chi connectivity index (χ3n) is 3.22. The molecule has 0 aromatic rings. The summed E-state index contributed by atoms with van der Waals surface area (Å²) >= 11 is 0. The van der Waals surface area contributed by atoms with Gasteiger partial charge in [0, 0.05) is 18.9 Å². The summed E-state index contributed by atoms with van der Waals surface area (Å²) in [7, 11) is -1.01. The third kappa shape index (κ3) is 5.82. The first-order valence-corrected chi connectivity index (χ1v) is 7.76. The van der Waals surface area contributed by atoms with Crippen molar-refractivity contribution in [2.75, 3.05) is 26.5 Å². The predicted molar refractivity (Wildman–Crippen MR) is 67.3 cm³/mol. The molecule has 0 aliphatic heterocycles. The van der Waals surface area contributed by atoms with Crippen molar-refractivity contribution in [1.29, 1.82) is 0 Å². The van der Waals surface area contributed by atoms with Crippen LogP contribution in [0.4, 0.5) is 0 Å². The number of sulfone groups is 1. The van der Waals surface area contributed by atoms with Crippen molar-refractivity contribution in [2.45, 2.75) is 44.4 Å². The molecular formula is C11H25NO3S. The largest absolute Gasteiger partial charge is 0.396 e. The Balaban J connectivity index is 4.03. The van der Waals surface area contributed by atoms with Crippen molar-refractivity contribution in [3.63, 3.8) is 0 Å². The van der Waals surface area contributed by atoms with Crippen molar-refractivity contribution >= 4 is 9.84 Å². The van der Waals surface area contributed by atoms with E-state index in [4.69, 9.17) is 5.11 Å². The molecule has 1 N–H and O–H groups in total. The molecule has 16 heavy (non-hydrogen) atoms. The van der Waals surface area contributed by atoms with Gasteiger partial charge in [0.1, 0.15) is 0 Å². The minimum atomic E-state index is -2.96. The van der Waals surface area contributed by atoms with Crippen LogP contribution >= 0.6 is 0 Å².